The number of carbonyl (C=O) groups is 2. The van der Waals surface area contributed by atoms with Gasteiger partial charge in [0.2, 0.25) is 11.8 Å². The SMILES string of the molecule is CC(C)(C(=O)NC1C2CC3CC(C2)CC1(C(N)=O)C3)c1csc2ccccc12. The van der Waals surface area contributed by atoms with Crippen molar-refractivity contribution in [3.05, 3.63) is 35.2 Å². The molecule has 1 heterocycles. The van der Waals surface area contributed by atoms with Crippen LogP contribution in [0.5, 0.6) is 0 Å². The molecule has 0 aliphatic heterocycles. The molecule has 1 aromatic heterocycles. The van der Waals surface area contributed by atoms with Gasteiger partial charge in [-0.25, -0.2) is 0 Å². The minimum Gasteiger partial charge on any atom is -0.369 e. The van der Waals surface area contributed by atoms with E-state index in [0.717, 1.165) is 36.6 Å². The number of fused-ring (bicyclic) bond motifs is 1. The third kappa shape index (κ3) is 2.48. The number of rotatable bonds is 4. The molecule has 1 aromatic carbocycles. The zero-order valence-corrected chi connectivity index (χ0v) is 17.4. The summed E-state index contributed by atoms with van der Waals surface area (Å²) in [6, 6.07) is 8.11. The number of carbonyl (C=O) groups excluding carboxylic acids is 2. The quantitative estimate of drug-likeness (QED) is 0.821. The Balaban J connectivity index is 1.46. The molecule has 2 amide bonds. The molecule has 4 fully saturated rings. The first-order chi connectivity index (χ1) is 13.3. The van der Waals surface area contributed by atoms with E-state index in [4.69, 9.17) is 5.73 Å². The molecule has 2 aromatic rings. The molecule has 3 atom stereocenters. The monoisotopic (exact) mass is 396 g/mol. The summed E-state index contributed by atoms with van der Waals surface area (Å²) in [5.41, 5.74) is 5.80. The Kier molecular flexibility index (Phi) is 3.93. The fraction of sp³-hybridized carbons (Fsp3) is 0.565. The lowest BCUT2D eigenvalue weighted by Crippen LogP contribution is -2.67. The van der Waals surface area contributed by atoms with Crippen molar-refractivity contribution in [1.29, 1.82) is 0 Å². The summed E-state index contributed by atoms with van der Waals surface area (Å²) in [6.45, 7) is 3.98. The minimum absolute atomic E-state index is 0.00847. The van der Waals surface area contributed by atoms with E-state index in [1.807, 2.05) is 26.0 Å². The van der Waals surface area contributed by atoms with Crippen LogP contribution in [0.3, 0.4) is 0 Å². The Morgan fingerprint density at radius 3 is 2.50 bits per heavy atom. The summed E-state index contributed by atoms with van der Waals surface area (Å²) in [5, 5.41) is 6.59. The molecule has 3 N–H and O–H groups in total. The number of amides is 2. The standard InChI is InChI=1S/C23H28N2O2S/c1-22(2,17-12-28-18-6-4-3-5-16(17)18)21(27)25-19-15-8-13-7-14(9-15)11-23(19,10-13)20(24)26/h3-6,12-15,19H,7-11H2,1-2H3,(H2,24,26)(H,25,27). The number of thiophene rings is 1. The highest BCUT2D eigenvalue weighted by Crippen LogP contribution is 2.60. The predicted octanol–water partition coefficient (Wildman–Crippen LogP) is 3.98. The van der Waals surface area contributed by atoms with Gasteiger partial charge < -0.3 is 11.1 Å². The first kappa shape index (κ1) is 18.2. The summed E-state index contributed by atoms with van der Waals surface area (Å²) in [7, 11) is 0. The van der Waals surface area contributed by atoms with Gasteiger partial charge >= 0.3 is 0 Å². The largest absolute Gasteiger partial charge is 0.369 e. The number of primary amides is 1. The van der Waals surface area contributed by atoms with Crippen LogP contribution in [0.1, 0.15) is 51.5 Å². The van der Waals surface area contributed by atoms with Gasteiger partial charge in [0.05, 0.1) is 10.8 Å². The summed E-state index contributed by atoms with van der Waals surface area (Å²) >= 11 is 1.68. The number of nitrogens with one attached hydrogen (secondary N) is 1. The van der Waals surface area contributed by atoms with Gasteiger partial charge in [0.15, 0.2) is 0 Å². The van der Waals surface area contributed by atoms with Crippen LogP contribution in [0.2, 0.25) is 0 Å². The van der Waals surface area contributed by atoms with Crippen LogP contribution in [0, 0.1) is 23.2 Å². The Morgan fingerprint density at radius 2 is 1.82 bits per heavy atom. The van der Waals surface area contributed by atoms with Crippen molar-refractivity contribution < 1.29 is 9.59 Å². The van der Waals surface area contributed by atoms with E-state index >= 15 is 0 Å². The van der Waals surface area contributed by atoms with Crippen molar-refractivity contribution in [2.24, 2.45) is 28.9 Å². The normalized spacial score (nSPS) is 33.9. The lowest BCUT2D eigenvalue weighted by molar-refractivity contribution is -0.152. The van der Waals surface area contributed by atoms with Gasteiger partial charge in [0, 0.05) is 10.7 Å². The highest BCUT2D eigenvalue weighted by atomic mass is 32.1. The third-order valence-electron chi connectivity index (χ3n) is 7.81. The van der Waals surface area contributed by atoms with E-state index in [-0.39, 0.29) is 17.9 Å². The molecule has 4 saturated carbocycles. The second kappa shape index (κ2) is 6.06. The maximum absolute atomic E-state index is 13.5. The molecule has 0 saturated heterocycles. The zero-order valence-electron chi connectivity index (χ0n) is 16.5. The highest BCUT2D eigenvalue weighted by molar-refractivity contribution is 7.17. The Hall–Kier alpha value is -1.88. The number of benzene rings is 1. The zero-order chi connectivity index (χ0) is 19.7. The smallest absolute Gasteiger partial charge is 0.230 e. The molecular weight excluding hydrogens is 368 g/mol. The second-order valence-electron chi connectivity index (χ2n) is 9.85. The molecule has 148 valence electrons. The van der Waals surface area contributed by atoms with Crippen LogP contribution in [0.25, 0.3) is 10.1 Å². The second-order valence-corrected chi connectivity index (χ2v) is 10.8. The Labute approximate surface area is 169 Å². The van der Waals surface area contributed by atoms with E-state index in [9.17, 15) is 9.59 Å². The third-order valence-corrected chi connectivity index (χ3v) is 8.77. The van der Waals surface area contributed by atoms with Gasteiger partial charge in [-0.05, 0) is 86.1 Å². The van der Waals surface area contributed by atoms with Crippen LogP contribution < -0.4 is 11.1 Å². The van der Waals surface area contributed by atoms with Crippen molar-refractivity contribution in [2.45, 2.75) is 57.4 Å². The van der Waals surface area contributed by atoms with Crippen molar-refractivity contribution in [3.8, 4) is 0 Å². The summed E-state index contributed by atoms with van der Waals surface area (Å²) in [5.74, 6) is 1.39. The van der Waals surface area contributed by atoms with Gasteiger partial charge in [-0.2, -0.15) is 0 Å². The van der Waals surface area contributed by atoms with E-state index in [0.29, 0.717) is 17.8 Å². The van der Waals surface area contributed by atoms with Crippen LogP contribution in [-0.4, -0.2) is 17.9 Å². The molecular formula is C23H28N2O2S. The van der Waals surface area contributed by atoms with Crippen molar-refractivity contribution >= 4 is 33.2 Å². The lowest BCUT2D eigenvalue weighted by Gasteiger charge is -2.60. The molecule has 28 heavy (non-hydrogen) atoms. The van der Waals surface area contributed by atoms with Crippen LogP contribution >= 0.6 is 11.3 Å². The molecule has 6 rings (SSSR count). The van der Waals surface area contributed by atoms with Crippen LogP contribution in [-0.2, 0) is 15.0 Å². The molecule has 4 aliphatic carbocycles. The molecule has 0 spiro atoms. The van der Waals surface area contributed by atoms with Gasteiger partial charge in [-0.15, -0.1) is 11.3 Å². The van der Waals surface area contributed by atoms with Gasteiger partial charge in [0.25, 0.3) is 0 Å². The topological polar surface area (TPSA) is 72.2 Å². The molecule has 3 unspecified atom stereocenters. The van der Waals surface area contributed by atoms with Crippen molar-refractivity contribution in [3.63, 3.8) is 0 Å². The lowest BCUT2D eigenvalue weighted by atomic mass is 9.47. The maximum Gasteiger partial charge on any atom is 0.230 e. The fourth-order valence-corrected chi connectivity index (χ4v) is 7.69. The molecule has 4 aliphatic rings. The Morgan fingerprint density at radius 1 is 1.14 bits per heavy atom. The van der Waals surface area contributed by atoms with Crippen LogP contribution in [0.4, 0.5) is 0 Å². The minimum atomic E-state index is -0.660. The van der Waals surface area contributed by atoms with E-state index in [2.05, 4.69) is 22.8 Å². The average Bonchev–Trinajstić information content (AvgIpc) is 3.08. The first-order valence-electron chi connectivity index (χ1n) is 10.4. The molecule has 0 radical (unpaired) electrons. The summed E-state index contributed by atoms with van der Waals surface area (Å²) in [6.07, 6.45) is 5.18. The predicted molar refractivity (Wildman–Crippen MR) is 112 cm³/mol. The van der Waals surface area contributed by atoms with E-state index in [1.54, 1.807) is 11.3 Å². The maximum atomic E-state index is 13.5. The molecule has 4 nitrogen and oxygen atoms in total. The first-order valence-corrected chi connectivity index (χ1v) is 11.3. The van der Waals surface area contributed by atoms with Crippen molar-refractivity contribution in [1.82, 2.24) is 5.32 Å². The van der Waals surface area contributed by atoms with E-state index in [1.165, 1.54) is 11.1 Å². The van der Waals surface area contributed by atoms with Gasteiger partial charge in [-0.3, -0.25) is 9.59 Å². The van der Waals surface area contributed by atoms with Gasteiger partial charge in [0.1, 0.15) is 0 Å². The number of hydrogen-bond acceptors (Lipinski definition) is 3. The fourth-order valence-electron chi connectivity index (χ4n) is 6.56. The summed E-state index contributed by atoms with van der Waals surface area (Å²) < 4.78 is 1.20. The van der Waals surface area contributed by atoms with E-state index < -0.39 is 10.8 Å². The summed E-state index contributed by atoms with van der Waals surface area (Å²) in [4.78, 5) is 26.1. The molecule has 4 bridgehead atoms. The Bertz CT molecular complexity index is 948. The molecule has 5 heteroatoms. The number of nitrogens with two attached hydrogens (primary N) is 1. The average molecular weight is 397 g/mol. The highest BCUT2D eigenvalue weighted by Gasteiger charge is 2.60. The van der Waals surface area contributed by atoms with Gasteiger partial charge in [-0.1, -0.05) is 18.2 Å². The van der Waals surface area contributed by atoms with Crippen molar-refractivity contribution in [2.75, 3.05) is 0 Å². The number of hydrogen-bond donors (Lipinski definition) is 2. The van der Waals surface area contributed by atoms with Crippen LogP contribution in [0.15, 0.2) is 29.6 Å².